The van der Waals surface area contributed by atoms with Crippen LogP contribution in [0.5, 0.6) is 0 Å². The predicted octanol–water partition coefficient (Wildman–Crippen LogP) is 3.66. The van der Waals surface area contributed by atoms with Gasteiger partial charge < -0.3 is 9.84 Å². The first-order chi connectivity index (χ1) is 14.8. The van der Waals surface area contributed by atoms with Crippen LogP contribution >= 0.6 is 0 Å². The summed E-state index contributed by atoms with van der Waals surface area (Å²) >= 11 is 0. The second-order valence-corrected chi connectivity index (χ2v) is 7.28. The lowest BCUT2D eigenvalue weighted by Crippen LogP contribution is -2.32. The van der Waals surface area contributed by atoms with E-state index in [1.165, 1.54) is 0 Å². The molecule has 1 saturated carbocycles. The summed E-state index contributed by atoms with van der Waals surface area (Å²) in [4.78, 5) is 25.7. The van der Waals surface area contributed by atoms with Crippen LogP contribution in [0, 0.1) is 0 Å². The Kier molecular flexibility index (Phi) is 4.80. The Hall–Kier alpha value is -3.81. The molecule has 5 rings (SSSR count). The number of nitrogens with zero attached hydrogens (tertiary/aromatic N) is 5. The zero-order chi connectivity index (χ0) is 20.3. The van der Waals surface area contributed by atoms with Gasteiger partial charge in [-0.25, -0.2) is 9.97 Å². The molecule has 0 unspecified atom stereocenters. The van der Waals surface area contributed by atoms with E-state index >= 15 is 0 Å². The van der Waals surface area contributed by atoms with Crippen molar-refractivity contribution in [2.45, 2.75) is 31.7 Å². The highest BCUT2D eigenvalue weighted by Gasteiger charge is 2.21. The summed E-state index contributed by atoms with van der Waals surface area (Å²) < 4.78 is 7.20. The monoisotopic (exact) mass is 400 g/mol. The molecule has 0 aliphatic heterocycles. The topological polar surface area (TPSA) is 98.7 Å². The standard InChI is InChI=1S/C22H20N6O2/c29-21(25-16-9-4-5-10-16)18-13-28(14-24-18)20-17(11-6-12-23-20)22-26-19(27-30-22)15-7-2-1-3-8-15/h1-3,6-8,11-14,16H,4-5,9-10H2,(H,25,29). The average Bonchev–Trinajstić information content (AvgIpc) is 3.56. The molecule has 3 aromatic heterocycles. The molecular formula is C22H20N6O2. The Morgan fingerprint density at radius 1 is 1.07 bits per heavy atom. The first-order valence-electron chi connectivity index (χ1n) is 9.98. The Labute approximate surface area is 173 Å². The number of imidazole rings is 1. The highest BCUT2D eigenvalue weighted by Crippen LogP contribution is 2.26. The summed E-state index contributed by atoms with van der Waals surface area (Å²) in [6.07, 6.45) is 9.28. The summed E-state index contributed by atoms with van der Waals surface area (Å²) in [6.45, 7) is 0. The molecule has 1 aliphatic rings. The Morgan fingerprint density at radius 2 is 1.90 bits per heavy atom. The lowest BCUT2D eigenvalue weighted by molar-refractivity contribution is 0.0933. The van der Waals surface area contributed by atoms with Gasteiger partial charge in [-0.05, 0) is 25.0 Å². The normalized spacial score (nSPS) is 14.1. The minimum absolute atomic E-state index is 0.165. The van der Waals surface area contributed by atoms with Crippen LogP contribution in [0.4, 0.5) is 0 Å². The van der Waals surface area contributed by atoms with Gasteiger partial charge in [-0.3, -0.25) is 9.36 Å². The van der Waals surface area contributed by atoms with Gasteiger partial charge in [0, 0.05) is 24.0 Å². The zero-order valence-corrected chi connectivity index (χ0v) is 16.2. The molecule has 8 nitrogen and oxygen atoms in total. The molecule has 0 saturated heterocycles. The highest BCUT2D eigenvalue weighted by molar-refractivity contribution is 5.92. The van der Waals surface area contributed by atoms with E-state index in [1.807, 2.05) is 36.4 Å². The Bertz CT molecular complexity index is 1160. The van der Waals surface area contributed by atoms with E-state index < -0.39 is 0 Å². The van der Waals surface area contributed by atoms with Crippen LogP contribution in [-0.2, 0) is 0 Å². The fourth-order valence-electron chi connectivity index (χ4n) is 3.69. The van der Waals surface area contributed by atoms with Crippen molar-refractivity contribution in [2.75, 3.05) is 0 Å². The van der Waals surface area contributed by atoms with Gasteiger partial charge in [0.05, 0.1) is 5.56 Å². The number of nitrogens with one attached hydrogen (secondary N) is 1. The van der Waals surface area contributed by atoms with E-state index in [4.69, 9.17) is 4.52 Å². The van der Waals surface area contributed by atoms with Crippen LogP contribution < -0.4 is 5.32 Å². The second kappa shape index (κ2) is 7.90. The van der Waals surface area contributed by atoms with Gasteiger partial charge in [0.15, 0.2) is 5.82 Å². The number of carbonyl (C=O) groups is 1. The third-order valence-electron chi connectivity index (χ3n) is 5.23. The van der Waals surface area contributed by atoms with Gasteiger partial charge in [0.1, 0.15) is 12.0 Å². The summed E-state index contributed by atoms with van der Waals surface area (Å²) in [5.41, 5.74) is 1.88. The van der Waals surface area contributed by atoms with Gasteiger partial charge in [-0.1, -0.05) is 48.3 Å². The number of rotatable bonds is 5. The van der Waals surface area contributed by atoms with Crippen molar-refractivity contribution >= 4 is 5.91 Å². The first kappa shape index (κ1) is 18.2. The zero-order valence-electron chi connectivity index (χ0n) is 16.2. The fourth-order valence-corrected chi connectivity index (χ4v) is 3.69. The van der Waals surface area contributed by atoms with Crippen LogP contribution in [0.15, 0.2) is 65.7 Å². The van der Waals surface area contributed by atoms with Crippen molar-refractivity contribution in [3.8, 4) is 28.7 Å². The van der Waals surface area contributed by atoms with Crippen molar-refractivity contribution in [3.63, 3.8) is 0 Å². The molecule has 150 valence electrons. The van der Waals surface area contributed by atoms with Crippen LogP contribution in [-0.4, -0.2) is 36.6 Å². The molecule has 1 N–H and O–H groups in total. The average molecular weight is 400 g/mol. The van der Waals surface area contributed by atoms with Crippen LogP contribution in [0.2, 0.25) is 0 Å². The maximum atomic E-state index is 12.5. The van der Waals surface area contributed by atoms with Gasteiger partial charge in [-0.15, -0.1) is 0 Å². The molecule has 0 atom stereocenters. The van der Waals surface area contributed by atoms with Crippen molar-refractivity contribution < 1.29 is 9.32 Å². The van der Waals surface area contributed by atoms with Crippen LogP contribution in [0.3, 0.4) is 0 Å². The predicted molar refractivity (Wildman–Crippen MR) is 110 cm³/mol. The van der Waals surface area contributed by atoms with Crippen molar-refractivity contribution in [3.05, 3.63) is 66.9 Å². The number of hydrogen-bond acceptors (Lipinski definition) is 6. The summed E-state index contributed by atoms with van der Waals surface area (Å²) in [6, 6.07) is 13.5. The Morgan fingerprint density at radius 3 is 2.73 bits per heavy atom. The molecule has 1 aromatic carbocycles. The molecule has 4 aromatic rings. The molecule has 8 heteroatoms. The minimum Gasteiger partial charge on any atom is -0.348 e. The molecular weight excluding hydrogens is 380 g/mol. The number of hydrogen-bond donors (Lipinski definition) is 1. The molecule has 3 heterocycles. The van der Waals surface area contributed by atoms with Gasteiger partial charge in [0.25, 0.3) is 11.8 Å². The van der Waals surface area contributed by atoms with Gasteiger partial charge >= 0.3 is 0 Å². The maximum absolute atomic E-state index is 12.5. The summed E-state index contributed by atoms with van der Waals surface area (Å²) in [7, 11) is 0. The minimum atomic E-state index is -0.165. The number of benzene rings is 1. The highest BCUT2D eigenvalue weighted by atomic mass is 16.5. The second-order valence-electron chi connectivity index (χ2n) is 7.28. The third kappa shape index (κ3) is 3.59. The molecule has 1 aliphatic carbocycles. The van der Waals surface area contributed by atoms with E-state index in [9.17, 15) is 4.79 Å². The SMILES string of the molecule is O=C(NC1CCCC1)c1cn(-c2ncccc2-c2nc(-c3ccccc3)no2)cn1. The van der Waals surface area contributed by atoms with Crippen molar-refractivity contribution in [2.24, 2.45) is 0 Å². The molecule has 30 heavy (non-hydrogen) atoms. The molecule has 1 fully saturated rings. The summed E-state index contributed by atoms with van der Waals surface area (Å²) in [5.74, 6) is 1.25. The Balaban J connectivity index is 1.43. The lowest BCUT2D eigenvalue weighted by Gasteiger charge is -2.10. The van der Waals surface area contributed by atoms with Crippen molar-refractivity contribution in [1.29, 1.82) is 0 Å². The van der Waals surface area contributed by atoms with E-state index in [-0.39, 0.29) is 11.9 Å². The van der Waals surface area contributed by atoms with Gasteiger partial charge in [0.2, 0.25) is 5.82 Å². The molecule has 1 amide bonds. The number of carbonyl (C=O) groups excluding carboxylic acids is 1. The number of aromatic nitrogens is 5. The lowest BCUT2D eigenvalue weighted by atomic mass is 10.2. The van der Waals surface area contributed by atoms with Gasteiger partial charge in [-0.2, -0.15) is 4.98 Å². The fraction of sp³-hybridized carbons (Fsp3) is 0.227. The summed E-state index contributed by atoms with van der Waals surface area (Å²) in [5, 5.41) is 7.14. The van der Waals surface area contributed by atoms with Crippen LogP contribution in [0.25, 0.3) is 28.7 Å². The molecule has 0 radical (unpaired) electrons. The van der Waals surface area contributed by atoms with E-state index in [1.54, 1.807) is 29.4 Å². The molecule has 0 bridgehead atoms. The number of pyridine rings is 1. The van der Waals surface area contributed by atoms with E-state index in [0.717, 1.165) is 31.2 Å². The van der Waals surface area contributed by atoms with E-state index in [0.29, 0.717) is 28.8 Å². The van der Waals surface area contributed by atoms with Crippen molar-refractivity contribution in [1.82, 2.24) is 30.0 Å². The van der Waals surface area contributed by atoms with Crippen LogP contribution in [0.1, 0.15) is 36.2 Å². The smallest absolute Gasteiger partial charge is 0.271 e. The maximum Gasteiger partial charge on any atom is 0.271 e. The quantitative estimate of drug-likeness (QED) is 0.549. The third-order valence-corrected chi connectivity index (χ3v) is 5.23. The first-order valence-corrected chi connectivity index (χ1v) is 9.98. The number of amides is 1. The largest absolute Gasteiger partial charge is 0.348 e. The van der Waals surface area contributed by atoms with E-state index in [2.05, 4.69) is 25.4 Å². The molecule has 0 spiro atoms.